The van der Waals surface area contributed by atoms with E-state index >= 15 is 0 Å². The summed E-state index contributed by atoms with van der Waals surface area (Å²) >= 11 is 1.30. The van der Waals surface area contributed by atoms with Gasteiger partial charge in [0.05, 0.1) is 0 Å². The third kappa shape index (κ3) is 2.91. The smallest absolute Gasteiger partial charge is 0.242 e. The van der Waals surface area contributed by atoms with Gasteiger partial charge in [-0.1, -0.05) is 6.92 Å². The molecule has 0 radical (unpaired) electrons. The Labute approximate surface area is 98.8 Å². The van der Waals surface area contributed by atoms with Gasteiger partial charge in [-0.15, -0.1) is 0 Å². The third-order valence-electron chi connectivity index (χ3n) is 2.44. The SMILES string of the molecule is CCc1nsc(NC(C)C(=O)NC2CC2)n1. The number of carbonyl (C=O) groups excluding carboxylic acids is 1. The largest absolute Gasteiger partial charge is 0.352 e. The number of aromatic nitrogens is 2. The predicted molar refractivity (Wildman–Crippen MR) is 63.5 cm³/mol. The Balaban J connectivity index is 1.84. The van der Waals surface area contributed by atoms with Crippen LogP contribution in [0.3, 0.4) is 0 Å². The molecule has 5 nitrogen and oxygen atoms in total. The summed E-state index contributed by atoms with van der Waals surface area (Å²) in [6.07, 6.45) is 3.04. The third-order valence-corrected chi connectivity index (χ3v) is 3.13. The average Bonchev–Trinajstić information content (AvgIpc) is 2.96. The van der Waals surface area contributed by atoms with E-state index in [4.69, 9.17) is 0 Å². The number of anilines is 1. The molecule has 2 N–H and O–H groups in total. The molecule has 1 heterocycles. The van der Waals surface area contributed by atoms with E-state index in [1.165, 1.54) is 11.5 Å². The maximum atomic E-state index is 11.7. The monoisotopic (exact) mass is 240 g/mol. The maximum absolute atomic E-state index is 11.7. The lowest BCUT2D eigenvalue weighted by molar-refractivity contribution is -0.121. The van der Waals surface area contributed by atoms with E-state index < -0.39 is 0 Å². The quantitative estimate of drug-likeness (QED) is 0.811. The van der Waals surface area contributed by atoms with E-state index in [1.54, 1.807) is 0 Å². The summed E-state index contributed by atoms with van der Waals surface area (Å²) in [4.78, 5) is 15.9. The van der Waals surface area contributed by atoms with E-state index in [2.05, 4.69) is 20.0 Å². The first-order valence-electron chi connectivity index (χ1n) is 5.58. The van der Waals surface area contributed by atoms with Gasteiger partial charge in [0.1, 0.15) is 11.9 Å². The Morgan fingerprint density at radius 2 is 2.38 bits per heavy atom. The molecule has 1 fully saturated rings. The molecule has 88 valence electrons. The fourth-order valence-electron chi connectivity index (χ4n) is 1.26. The second kappa shape index (κ2) is 4.78. The molecule has 1 unspecified atom stereocenters. The number of nitrogens with zero attached hydrogens (tertiary/aromatic N) is 2. The van der Waals surface area contributed by atoms with Gasteiger partial charge in [-0.05, 0) is 19.8 Å². The van der Waals surface area contributed by atoms with E-state index in [0.717, 1.165) is 30.2 Å². The Hall–Kier alpha value is -1.17. The van der Waals surface area contributed by atoms with Gasteiger partial charge in [-0.2, -0.15) is 4.37 Å². The van der Waals surface area contributed by atoms with Crippen molar-refractivity contribution in [3.8, 4) is 0 Å². The topological polar surface area (TPSA) is 66.9 Å². The fourth-order valence-corrected chi connectivity index (χ4v) is 2.00. The summed E-state index contributed by atoms with van der Waals surface area (Å²) in [7, 11) is 0. The highest BCUT2D eigenvalue weighted by molar-refractivity contribution is 7.09. The molecule has 1 aromatic heterocycles. The van der Waals surface area contributed by atoms with Gasteiger partial charge in [0, 0.05) is 24.0 Å². The fraction of sp³-hybridized carbons (Fsp3) is 0.700. The van der Waals surface area contributed by atoms with E-state index in [-0.39, 0.29) is 11.9 Å². The van der Waals surface area contributed by atoms with Gasteiger partial charge in [-0.25, -0.2) is 4.98 Å². The maximum Gasteiger partial charge on any atom is 0.242 e. The lowest BCUT2D eigenvalue weighted by Crippen LogP contribution is -2.38. The van der Waals surface area contributed by atoms with E-state index in [1.807, 2.05) is 13.8 Å². The van der Waals surface area contributed by atoms with Gasteiger partial charge >= 0.3 is 0 Å². The van der Waals surface area contributed by atoms with Crippen molar-refractivity contribution in [2.24, 2.45) is 0 Å². The van der Waals surface area contributed by atoms with Crippen LogP contribution in [0, 0.1) is 0 Å². The van der Waals surface area contributed by atoms with Crippen molar-refractivity contribution in [3.05, 3.63) is 5.82 Å². The first kappa shape index (κ1) is 11.3. The van der Waals surface area contributed by atoms with Crippen LogP contribution in [0.1, 0.15) is 32.5 Å². The zero-order valence-electron chi connectivity index (χ0n) is 9.49. The predicted octanol–water partition coefficient (Wildman–Crippen LogP) is 1.18. The zero-order chi connectivity index (χ0) is 11.5. The summed E-state index contributed by atoms with van der Waals surface area (Å²) < 4.78 is 4.16. The standard InChI is InChI=1S/C10H16N4OS/c1-3-8-13-10(16-14-8)11-6(2)9(15)12-7-4-5-7/h6-7H,3-5H2,1-2H3,(H,12,15)(H,11,13,14). The Morgan fingerprint density at radius 1 is 1.62 bits per heavy atom. The molecule has 1 amide bonds. The van der Waals surface area contributed by atoms with Crippen molar-refractivity contribution >= 4 is 22.6 Å². The number of rotatable bonds is 5. The minimum atomic E-state index is -0.252. The molecule has 1 saturated carbocycles. The molecule has 0 bridgehead atoms. The molecule has 0 aromatic carbocycles. The average molecular weight is 240 g/mol. The lowest BCUT2D eigenvalue weighted by atomic mass is 10.3. The number of aryl methyl sites for hydroxylation is 1. The van der Waals surface area contributed by atoms with Gasteiger partial charge < -0.3 is 10.6 Å². The van der Waals surface area contributed by atoms with Crippen molar-refractivity contribution in [1.29, 1.82) is 0 Å². The summed E-state index contributed by atoms with van der Waals surface area (Å²) in [6.45, 7) is 3.85. The first-order chi connectivity index (χ1) is 7.69. The second-order valence-corrected chi connectivity index (χ2v) is 4.77. The minimum absolute atomic E-state index is 0.0377. The normalized spacial score (nSPS) is 16.9. The van der Waals surface area contributed by atoms with Gasteiger partial charge in [0.15, 0.2) is 0 Å². The zero-order valence-corrected chi connectivity index (χ0v) is 10.3. The molecule has 0 aliphatic heterocycles. The molecule has 1 aliphatic rings. The van der Waals surface area contributed by atoms with Crippen molar-refractivity contribution in [3.63, 3.8) is 0 Å². The highest BCUT2D eigenvalue weighted by atomic mass is 32.1. The van der Waals surface area contributed by atoms with Crippen LogP contribution in [0.2, 0.25) is 0 Å². The van der Waals surface area contributed by atoms with Crippen molar-refractivity contribution in [2.75, 3.05) is 5.32 Å². The molecule has 6 heteroatoms. The summed E-state index contributed by atoms with van der Waals surface area (Å²) in [5, 5.41) is 6.73. The van der Waals surface area contributed by atoms with Crippen LogP contribution in [0.25, 0.3) is 0 Å². The van der Waals surface area contributed by atoms with Gasteiger partial charge in [-0.3, -0.25) is 4.79 Å². The number of hydrogen-bond acceptors (Lipinski definition) is 5. The minimum Gasteiger partial charge on any atom is -0.352 e. The van der Waals surface area contributed by atoms with Gasteiger partial charge in [0.25, 0.3) is 0 Å². The van der Waals surface area contributed by atoms with Crippen LogP contribution in [0.4, 0.5) is 5.13 Å². The number of hydrogen-bond donors (Lipinski definition) is 2. The van der Waals surface area contributed by atoms with Crippen LogP contribution in [0.15, 0.2) is 0 Å². The Morgan fingerprint density at radius 3 is 2.94 bits per heavy atom. The van der Waals surface area contributed by atoms with Crippen molar-refractivity contribution < 1.29 is 4.79 Å². The molecular formula is C10H16N4OS. The summed E-state index contributed by atoms with van der Waals surface area (Å²) in [5.41, 5.74) is 0. The van der Waals surface area contributed by atoms with Crippen LogP contribution in [-0.2, 0) is 11.2 Å². The van der Waals surface area contributed by atoms with Crippen LogP contribution >= 0.6 is 11.5 Å². The summed E-state index contributed by atoms with van der Waals surface area (Å²) in [6, 6.07) is 0.149. The van der Waals surface area contributed by atoms with Crippen molar-refractivity contribution in [2.45, 2.75) is 45.2 Å². The second-order valence-electron chi connectivity index (χ2n) is 4.02. The van der Waals surface area contributed by atoms with Crippen molar-refractivity contribution in [1.82, 2.24) is 14.7 Å². The molecule has 0 saturated heterocycles. The summed E-state index contributed by atoms with van der Waals surface area (Å²) in [5.74, 6) is 0.859. The first-order valence-corrected chi connectivity index (χ1v) is 6.36. The van der Waals surface area contributed by atoms with Crippen LogP contribution in [-0.4, -0.2) is 27.3 Å². The molecule has 16 heavy (non-hydrogen) atoms. The highest BCUT2D eigenvalue weighted by Crippen LogP contribution is 2.19. The number of carbonyl (C=O) groups is 1. The molecule has 1 atom stereocenters. The molecule has 1 aliphatic carbocycles. The van der Waals surface area contributed by atoms with E-state index in [9.17, 15) is 4.79 Å². The lowest BCUT2D eigenvalue weighted by Gasteiger charge is -2.12. The number of amides is 1. The molecule has 1 aromatic rings. The molecule has 0 spiro atoms. The molecule has 2 rings (SSSR count). The molecular weight excluding hydrogens is 224 g/mol. The highest BCUT2D eigenvalue weighted by Gasteiger charge is 2.25. The Kier molecular flexibility index (Phi) is 3.38. The Bertz CT molecular complexity index is 375. The van der Waals surface area contributed by atoms with Crippen LogP contribution < -0.4 is 10.6 Å². The number of nitrogens with one attached hydrogen (secondary N) is 2. The van der Waals surface area contributed by atoms with Gasteiger partial charge in [0.2, 0.25) is 11.0 Å². The van der Waals surface area contributed by atoms with Crippen LogP contribution in [0.5, 0.6) is 0 Å². The van der Waals surface area contributed by atoms with E-state index in [0.29, 0.717) is 6.04 Å².